The number of nitrogens with one attached hydrogen (secondary N) is 3. The molecule has 0 aromatic carbocycles. The lowest BCUT2D eigenvalue weighted by molar-refractivity contribution is -0.123. The zero-order chi connectivity index (χ0) is 9.97. The Balaban J connectivity index is 1.69. The van der Waals surface area contributed by atoms with Crippen LogP contribution in [0, 0.1) is 0 Å². The quantitative estimate of drug-likeness (QED) is 0.575. The van der Waals surface area contributed by atoms with Gasteiger partial charge in [-0.25, -0.2) is 0 Å². The molecule has 0 aromatic heterocycles. The van der Waals surface area contributed by atoms with E-state index in [2.05, 4.69) is 16.0 Å². The van der Waals surface area contributed by atoms with Crippen molar-refractivity contribution in [2.45, 2.75) is 44.3 Å². The van der Waals surface area contributed by atoms with Gasteiger partial charge in [-0.05, 0) is 32.7 Å². The average Bonchev–Trinajstić information content (AvgIpc) is 2.81. The minimum atomic E-state index is -0.0551. The van der Waals surface area contributed by atoms with E-state index in [0.29, 0.717) is 12.1 Å². The van der Waals surface area contributed by atoms with Gasteiger partial charge in [-0.1, -0.05) is 0 Å². The van der Waals surface area contributed by atoms with Gasteiger partial charge in [0.1, 0.15) is 0 Å². The van der Waals surface area contributed by atoms with Gasteiger partial charge in [0.25, 0.3) is 0 Å². The summed E-state index contributed by atoms with van der Waals surface area (Å²) in [7, 11) is 0. The summed E-state index contributed by atoms with van der Waals surface area (Å²) in [5.41, 5.74) is 0. The van der Waals surface area contributed by atoms with Crippen LogP contribution in [0.3, 0.4) is 0 Å². The molecule has 0 spiro atoms. The average molecular weight is 197 g/mol. The molecular formula is C10H19N3O. The van der Waals surface area contributed by atoms with Gasteiger partial charge in [-0.2, -0.15) is 0 Å². The molecular weight excluding hydrogens is 178 g/mol. The molecule has 0 aromatic rings. The molecule has 0 radical (unpaired) electrons. The monoisotopic (exact) mass is 197 g/mol. The zero-order valence-electron chi connectivity index (χ0n) is 8.68. The van der Waals surface area contributed by atoms with Crippen molar-refractivity contribution in [3.63, 3.8) is 0 Å². The third-order valence-electron chi connectivity index (χ3n) is 2.86. The van der Waals surface area contributed by atoms with Crippen molar-refractivity contribution >= 4 is 5.91 Å². The summed E-state index contributed by atoms with van der Waals surface area (Å²) >= 11 is 0. The highest BCUT2D eigenvalue weighted by atomic mass is 16.2. The van der Waals surface area contributed by atoms with Crippen molar-refractivity contribution in [1.82, 2.24) is 16.0 Å². The number of amides is 1. The summed E-state index contributed by atoms with van der Waals surface area (Å²) in [6.07, 6.45) is 3.44. The van der Waals surface area contributed by atoms with Gasteiger partial charge < -0.3 is 16.0 Å². The second-order valence-electron chi connectivity index (χ2n) is 4.36. The highest BCUT2D eigenvalue weighted by Crippen LogP contribution is 2.18. The first-order valence-corrected chi connectivity index (χ1v) is 5.53. The van der Waals surface area contributed by atoms with Crippen molar-refractivity contribution in [3.8, 4) is 0 Å². The molecule has 1 saturated carbocycles. The van der Waals surface area contributed by atoms with Gasteiger partial charge in [-0.15, -0.1) is 0 Å². The highest BCUT2D eigenvalue weighted by molar-refractivity contribution is 5.81. The minimum Gasteiger partial charge on any atom is -0.352 e. The number of carbonyl (C=O) groups excluding carboxylic acids is 1. The van der Waals surface area contributed by atoms with E-state index in [0.717, 1.165) is 32.4 Å². The fraction of sp³-hybridized carbons (Fsp3) is 0.900. The van der Waals surface area contributed by atoms with Crippen LogP contribution in [0.15, 0.2) is 0 Å². The van der Waals surface area contributed by atoms with Crippen LogP contribution in [0.4, 0.5) is 0 Å². The van der Waals surface area contributed by atoms with E-state index in [1.165, 1.54) is 0 Å². The lowest BCUT2D eigenvalue weighted by atomic mass is 10.2. The van der Waals surface area contributed by atoms with Crippen LogP contribution in [-0.4, -0.2) is 37.1 Å². The number of hydrogen-bond donors (Lipinski definition) is 3. The zero-order valence-corrected chi connectivity index (χ0v) is 8.68. The maximum Gasteiger partial charge on any atom is 0.237 e. The minimum absolute atomic E-state index is 0.0551. The molecule has 3 N–H and O–H groups in total. The van der Waals surface area contributed by atoms with Crippen LogP contribution in [-0.2, 0) is 4.79 Å². The third kappa shape index (κ3) is 2.69. The molecule has 1 amide bonds. The predicted molar refractivity (Wildman–Crippen MR) is 55.0 cm³/mol. The largest absolute Gasteiger partial charge is 0.352 e. The number of hydrogen-bond acceptors (Lipinski definition) is 3. The first-order chi connectivity index (χ1) is 6.75. The lowest BCUT2D eigenvalue weighted by Gasteiger charge is -2.18. The van der Waals surface area contributed by atoms with E-state index >= 15 is 0 Å². The molecule has 2 atom stereocenters. The summed E-state index contributed by atoms with van der Waals surface area (Å²) in [6, 6.07) is 0.879. The molecule has 1 saturated heterocycles. The van der Waals surface area contributed by atoms with Gasteiger partial charge in [-0.3, -0.25) is 4.79 Å². The number of rotatable bonds is 4. The third-order valence-corrected chi connectivity index (χ3v) is 2.86. The normalized spacial score (nSPS) is 28.8. The van der Waals surface area contributed by atoms with E-state index < -0.39 is 0 Å². The van der Waals surface area contributed by atoms with E-state index in [1.807, 2.05) is 6.92 Å². The Labute approximate surface area is 84.8 Å². The van der Waals surface area contributed by atoms with Crippen LogP contribution in [0.25, 0.3) is 0 Å². The highest BCUT2D eigenvalue weighted by Gasteiger charge is 2.26. The Bertz CT molecular complexity index is 209. The second-order valence-corrected chi connectivity index (χ2v) is 4.36. The Kier molecular flexibility index (Phi) is 3.03. The summed E-state index contributed by atoms with van der Waals surface area (Å²) in [6.45, 7) is 3.99. The van der Waals surface area contributed by atoms with Crippen molar-refractivity contribution in [2.24, 2.45) is 0 Å². The predicted octanol–water partition coefficient (Wildman–Crippen LogP) is -0.395. The molecule has 4 nitrogen and oxygen atoms in total. The van der Waals surface area contributed by atoms with Crippen molar-refractivity contribution in [2.75, 3.05) is 13.1 Å². The summed E-state index contributed by atoms with van der Waals surface area (Å²) in [5.74, 6) is 0.152. The lowest BCUT2D eigenvalue weighted by Crippen LogP contribution is -2.47. The first kappa shape index (κ1) is 9.93. The van der Waals surface area contributed by atoms with E-state index in [-0.39, 0.29) is 11.9 Å². The fourth-order valence-electron chi connectivity index (χ4n) is 1.78. The van der Waals surface area contributed by atoms with Crippen LogP contribution in [0.1, 0.15) is 26.2 Å². The summed E-state index contributed by atoms with van der Waals surface area (Å²) < 4.78 is 0. The Morgan fingerprint density at radius 3 is 2.71 bits per heavy atom. The van der Waals surface area contributed by atoms with Crippen LogP contribution in [0.2, 0.25) is 0 Å². The van der Waals surface area contributed by atoms with Crippen molar-refractivity contribution in [3.05, 3.63) is 0 Å². The van der Waals surface area contributed by atoms with E-state index in [1.54, 1.807) is 0 Å². The molecule has 4 heteroatoms. The first-order valence-electron chi connectivity index (χ1n) is 5.53. The molecule has 1 aliphatic heterocycles. The molecule has 1 aliphatic carbocycles. The Morgan fingerprint density at radius 2 is 2.14 bits per heavy atom. The van der Waals surface area contributed by atoms with Crippen LogP contribution < -0.4 is 16.0 Å². The van der Waals surface area contributed by atoms with Gasteiger partial charge in [0.2, 0.25) is 5.91 Å². The molecule has 14 heavy (non-hydrogen) atoms. The summed E-state index contributed by atoms with van der Waals surface area (Å²) in [5, 5.41) is 9.62. The number of carbonyl (C=O) groups is 1. The molecule has 1 heterocycles. The smallest absolute Gasteiger partial charge is 0.237 e. The van der Waals surface area contributed by atoms with Crippen LogP contribution >= 0.6 is 0 Å². The SMILES string of the molecule is CC(NC1CCNC1)C(=O)NC1CC1. The maximum absolute atomic E-state index is 11.6. The van der Waals surface area contributed by atoms with Gasteiger partial charge in [0.05, 0.1) is 6.04 Å². The van der Waals surface area contributed by atoms with Crippen molar-refractivity contribution in [1.29, 1.82) is 0 Å². The van der Waals surface area contributed by atoms with E-state index in [9.17, 15) is 4.79 Å². The van der Waals surface area contributed by atoms with E-state index in [4.69, 9.17) is 0 Å². The van der Waals surface area contributed by atoms with Gasteiger partial charge in [0, 0.05) is 18.6 Å². The van der Waals surface area contributed by atoms with Gasteiger partial charge in [0.15, 0.2) is 0 Å². The second kappa shape index (κ2) is 4.28. The fourth-order valence-corrected chi connectivity index (χ4v) is 1.78. The molecule has 2 rings (SSSR count). The van der Waals surface area contributed by atoms with Crippen LogP contribution in [0.5, 0.6) is 0 Å². The Morgan fingerprint density at radius 1 is 1.36 bits per heavy atom. The summed E-state index contributed by atoms with van der Waals surface area (Å²) in [4.78, 5) is 11.6. The Hall–Kier alpha value is -0.610. The standard InChI is InChI=1S/C10H19N3O/c1-7(10(14)13-8-2-3-8)12-9-4-5-11-6-9/h7-9,11-12H,2-6H2,1H3,(H,13,14). The topological polar surface area (TPSA) is 53.2 Å². The maximum atomic E-state index is 11.6. The molecule has 2 aliphatic rings. The molecule has 0 bridgehead atoms. The van der Waals surface area contributed by atoms with Gasteiger partial charge >= 0.3 is 0 Å². The molecule has 2 unspecified atom stereocenters. The van der Waals surface area contributed by atoms with Crippen molar-refractivity contribution < 1.29 is 4.79 Å². The molecule has 2 fully saturated rings. The molecule has 80 valence electrons.